The van der Waals surface area contributed by atoms with Gasteiger partial charge in [0.2, 0.25) is 0 Å². The van der Waals surface area contributed by atoms with Crippen molar-refractivity contribution in [2.75, 3.05) is 5.32 Å². The van der Waals surface area contributed by atoms with E-state index in [4.69, 9.17) is 5.11 Å². The average molecular weight is 341 g/mol. The number of benzene rings is 1. The molecule has 0 bridgehead atoms. The van der Waals surface area contributed by atoms with E-state index in [0.29, 0.717) is 0 Å². The van der Waals surface area contributed by atoms with Crippen molar-refractivity contribution >= 4 is 17.4 Å². The van der Waals surface area contributed by atoms with Gasteiger partial charge in [0, 0.05) is 16.8 Å². The summed E-state index contributed by atoms with van der Waals surface area (Å²) in [7, 11) is 0. The van der Waals surface area contributed by atoms with Gasteiger partial charge in [0.25, 0.3) is 0 Å². The number of carboxylic acids is 1. The molecule has 4 nitrogen and oxygen atoms in total. The first-order chi connectivity index (χ1) is 11.4. The van der Waals surface area contributed by atoms with Crippen LogP contribution in [0.15, 0.2) is 47.6 Å². The molecule has 0 saturated heterocycles. The van der Waals surface area contributed by atoms with Crippen molar-refractivity contribution in [3.8, 4) is 0 Å². The van der Waals surface area contributed by atoms with Gasteiger partial charge in [-0.2, -0.15) is 0 Å². The lowest BCUT2D eigenvalue weighted by molar-refractivity contribution is -0.114. The first-order valence-corrected chi connectivity index (χ1v) is 8.49. The number of anilines is 1. The molecule has 0 radical (unpaired) electrons. The number of aromatic carboxylic acids is 1. The fourth-order valence-electron chi connectivity index (χ4n) is 2.87. The van der Waals surface area contributed by atoms with Gasteiger partial charge in [-0.3, -0.25) is 4.79 Å². The topological polar surface area (TPSA) is 66.4 Å². The number of carbonyl (C=O) groups excluding carboxylic acids is 1. The van der Waals surface area contributed by atoms with Crippen LogP contribution in [0, 0.1) is 10.8 Å². The Labute approximate surface area is 149 Å². The maximum absolute atomic E-state index is 12.9. The molecule has 0 unspecified atom stereocenters. The average Bonchev–Trinajstić information content (AvgIpc) is 2.47. The number of rotatable bonds is 3. The van der Waals surface area contributed by atoms with Crippen molar-refractivity contribution in [1.82, 2.24) is 0 Å². The van der Waals surface area contributed by atoms with Gasteiger partial charge < -0.3 is 10.4 Å². The zero-order valence-electron chi connectivity index (χ0n) is 15.8. The minimum atomic E-state index is -0.945. The number of hydrogen-bond acceptors (Lipinski definition) is 3. The highest BCUT2D eigenvalue weighted by Crippen LogP contribution is 2.38. The zero-order valence-corrected chi connectivity index (χ0v) is 15.8. The highest BCUT2D eigenvalue weighted by Gasteiger charge is 2.35. The van der Waals surface area contributed by atoms with Crippen molar-refractivity contribution < 1.29 is 14.7 Å². The van der Waals surface area contributed by atoms with Crippen LogP contribution >= 0.6 is 0 Å². The van der Waals surface area contributed by atoms with Crippen molar-refractivity contribution in [3.05, 3.63) is 53.1 Å². The molecule has 0 spiro atoms. The van der Waals surface area contributed by atoms with Crippen LogP contribution in [0.4, 0.5) is 5.69 Å². The molecule has 1 aromatic rings. The highest BCUT2D eigenvalue weighted by atomic mass is 16.4. The minimum absolute atomic E-state index is 0.110. The van der Waals surface area contributed by atoms with Gasteiger partial charge >= 0.3 is 5.97 Å². The quantitative estimate of drug-likeness (QED) is 0.837. The van der Waals surface area contributed by atoms with E-state index in [1.54, 1.807) is 24.3 Å². The van der Waals surface area contributed by atoms with Crippen LogP contribution < -0.4 is 5.32 Å². The van der Waals surface area contributed by atoms with Crippen LogP contribution in [0.1, 0.15) is 51.9 Å². The summed E-state index contributed by atoms with van der Waals surface area (Å²) in [5.74, 6) is -0.834. The van der Waals surface area contributed by atoms with Gasteiger partial charge in [0.05, 0.1) is 11.6 Å². The molecule has 134 valence electrons. The molecule has 2 rings (SSSR count). The van der Waals surface area contributed by atoms with E-state index in [1.165, 1.54) is 0 Å². The maximum Gasteiger partial charge on any atom is 0.335 e. The molecule has 0 heterocycles. The molecule has 0 aromatic heterocycles. The van der Waals surface area contributed by atoms with Gasteiger partial charge in [-0.15, -0.1) is 0 Å². The predicted octanol–water partition coefficient (Wildman–Crippen LogP) is 4.69. The number of hydrogen-bond donors (Lipinski definition) is 2. The Morgan fingerprint density at radius 1 is 0.920 bits per heavy atom. The fourth-order valence-corrected chi connectivity index (χ4v) is 2.87. The minimum Gasteiger partial charge on any atom is -0.478 e. The van der Waals surface area contributed by atoms with E-state index in [0.717, 1.165) is 16.8 Å². The van der Waals surface area contributed by atoms with Gasteiger partial charge in [0.15, 0.2) is 5.78 Å². The Kier molecular flexibility index (Phi) is 4.94. The third-order valence-corrected chi connectivity index (χ3v) is 4.26. The molecule has 1 aromatic carbocycles. The van der Waals surface area contributed by atoms with E-state index in [2.05, 4.69) is 5.32 Å². The van der Waals surface area contributed by atoms with Crippen LogP contribution in [0.3, 0.4) is 0 Å². The number of carboxylic acid groups (broad SMARTS) is 1. The lowest BCUT2D eigenvalue weighted by Gasteiger charge is -2.33. The third-order valence-electron chi connectivity index (χ3n) is 4.26. The number of Topliss-reactive ketones (excluding diaryl/α,β-unsaturated/α-hetero) is 1. The second kappa shape index (κ2) is 6.51. The Balaban J connectivity index is 2.36. The van der Waals surface area contributed by atoms with Crippen LogP contribution in [0.25, 0.3) is 0 Å². The second-order valence-electron chi connectivity index (χ2n) is 8.54. The lowest BCUT2D eigenvalue weighted by Crippen LogP contribution is -2.33. The summed E-state index contributed by atoms with van der Waals surface area (Å²) in [5, 5.41) is 12.4. The van der Waals surface area contributed by atoms with Gasteiger partial charge in [-0.1, -0.05) is 53.7 Å². The normalized spacial score (nSPS) is 16.3. The van der Waals surface area contributed by atoms with Crippen LogP contribution in [0.5, 0.6) is 0 Å². The lowest BCUT2D eigenvalue weighted by atomic mass is 9.72. The van der Waals surface area contributed by atoms with Crippen LogP contribution in [-0.4, -0.2) is 22.9 Å². The van der Waals surface area contributed by atoms with E-state index in [1.807, 2.05) is 53.7 Å². The van der Waals surface area contributed by atoms with Crippen molar-refractivity contribution in [3.63, 3.8) is 0 Å². The summed E-state index contributed by atoms with van der Waals surface area (Å²) in [6, 6.07) is 6.52. The largest absolute Gasteiger partial charge is 0.478 e. The van der Waals surface area contributed by atoms with E-state index >= 15 is 0 Å². The zero-order chi connectivity index (χ0) is 19.0. The van der Waals surface area contributed by atoms with E-state index in [9.17, 15) is 9.59 Å². The van der Waals surface area contributed by atoms with Crippen molar-refractivity contribution in [1.29, 1.82) is 0 Å². The van der Waals surface area contributed by atoms with Gasteiger partial charge in [-0.05, 0) is 35.1 Å². The number of nitrogens with one attached hydrogen (secondary N) is 1. The molecule has 0 amide bonds. The Morgan fingerprint density at radius 3 is 1.72 bits per heavy atom. The van der Waals surface area contributed by atoms with E-state index < -0.39 is 5.97 Å². The molecule has 1 aliphatic rings. The summed E-state index contributed by atoms with van der Waals surface area (Å²) in [6.45, 7) is 12.3. The molecule has 0 atom stereocenters. The maximum atomic E-state index is 12.9. The van der Waals surface area contributed by atoms with Gasteiger partial charge in [0.1, 0.15) is 0 Å². The molecule has 0 aliphatic heterocycles. The van der Waals surface area contributed by atoms with E-state index in [-0.39, 0.29) is 28.2 Å². The highest BCUT2D eigenvalue weighted by molar-refractivity contribution is 6.11. The van der Waals surface area contributed by atoms with Gasteiger partial charge in [-0.25, -0.2) is 4.79 Å². The standard InChI is InChI=1S/C21H27NO3/c1-20(2,3)16-11-15(12-17(18(16)23)21(4,5)6)22-14-9-7-13(8-10-14)19(24)25/h7-12,15,22H,1-6H3,(H,24,25). The third kappa shape index (κ3) is 4.38. The smallest absolute Gasteiger partial charge is 0.335 e. The number of carbonyl (C=O) groups is 2. The second-order valence-corrected chi connectivity index (χ2v) is 8.54. The van der Waals surface area contributed by atoms with Crippen molar-refractivity contribution in [2.24, 2.45) is 10.8 Å². The van der Waals surface area contributed by atoms with Crippen molar-refractivity contribution in [2.45, 2.75) is 47.6 Å². The molecule has 0 saturated carbocycles. The summed E-state index contributed by atoms with van der Waals surface area (Å²) in [5.41, 5.74) is 2.20. The molecular formula is C21H27NO3. The first-order valence-electron chi connectivity index (χ1n) is 8.49. The van der Waals surface area contributed by atoms with Crippen LogP contribution in [-0.2, 0) is 4.79 Å². The SMILES string of the molecule is CC(C)(C)C1=CC(Nc2ccc(C(=O)O)cc2)C=C(C(C)(C)C)C1=O. The molecule has 0 fully saturated rings. The summed E-state index contributed by atoms with van der Waals surface area (Å²) >= 11 is 0. The summed E-state index contributed by atoms with van der Waals surface area (Å²) in [4.78, 5) is 23.9. The predicted molar refractivity (Wildman–Crippen MR) is 101 cm³/mol. The monoisotopic (exact) mass is 341 g/mol. The first kappa shape index (κ1) is 19.0. The summed E-state index contributed by atoms with van der Waals surface area (Å²) < 4.78 is 0. The molecule has 2 N–H and O–H groups in total. The molecule has 1 aliphatic carbocycles. The fraction of sp³-hybridized carbons (Fsp3) is 0.429. The molecule has 4 heteroatoms. The number of ketones is 1. The Hall–Kier alpha value is -2.36. The summed E-state index contributed by atoms with van der Waals surface area (Å²) in [6.07, 6.45) is 3.95. The Morgan fingerprint density at radius 2 is 1.36 bits per heavy atom. The number of allylic oxidation sites excluding steroid dienone is 2. The molecular weight excluding hydrogens is 314 g/mol. The van der Waals surface area contributed by atoms with Crippen LogP contribution in [0.2, 0.25) is 0 Å². The molecule has 25 heavy (non-hydrogen) atoms. The Bertz CT molecular complexity index is 707.